The highest BCUT2D eigenvalue weighted by Gasteiger charge is 2.26. The number of carbonyl (C=O) groups is 2. The van der Waals surface area contributed by atoms with Gasteiger partial charge in [-0.25, -0.2) is 4.79 Å². The number of carbonyl (C=O) groups excluding carboxylic acids is 2. The number of esters is 1. The van der Waals surface area contributed by atoms with E-state index in [0.717, 1.165) is 11.1 Å². The average molecular weight is 453 g/mol. The largest absolute Gasteiger partial charge is 0.452 e. The minimum Gasteiger partial charge on any atom is -0.452 e. The molecule has 0 radical (unpaired) electrons. The van der Waals surface area contributed by atoms with Gasteiger partial charge in [-0.1, -0.05) is 60.7 Å². The van der Waals surface area contributed by atoms with Crippen molar-refractivity contribution in [3.63, 3.8) is 0 Å². The molecule has 0 aliphatic carbocycles. The molecule has 2 heterocycles. The molecule has 4 aromatic rings. The van der Waals surface area contributed by atoms with Crippen LogP contribution in [0.4, 0.5) is 0 Å². The third-order valence-electron chi connectivity index (χ3n) is 5.37. The normalized spacial score (nSPS) is 11.4. The van der Waals surface area contributed by atoms with Crippen LogP contribution in [0.15, 0.2) is 89.6 Å². The molecule has 34 heavy (non-hydrogen) atoms. The summed E-state index contributed by atoms with van der Waals surface area (Å²) in [6.45, 7) is 1.10. The molecule has 4 rings (SSSR count). The minimum absolute atomic E-state index is 0.0166. The van der Waals surface area contributed by atoms with Crippen LogP contribution in [0.5, 0.6) is 0 Å². The highest BCUT2D eigenvalue weighted by atomic mass is 16.5. The van der Waals surface area contributed by atoms with Crippen molar-refractivity contribution in [2.75, 3.05) is 6.61 Å². The van der Waals surface area contributed by atoms with E-state index < -0.39 is 18.5 Å². The lowest BCUT2D eigenvalue weighted by Gasteiger charge is -2.19. The quantitative estimate of drug-likeness (QED) is 0.396. The topological polar surface area (TPSA) is 97.3 Å². The van der Waals surface area contributed by atoms with Crippen molar-refractivity contribution in [1.82, 2.24) is 9.88 Å². The Kier molecular flexibility index (Phi) is 6.89. The Morgan fingerprint density at radius 2 is 1.68 bits per heavy atom. The highest BCUT2D eigenvalue weighted by Crippen LogP contribution is 2.26. The van der Waals surface area contributed by atoms with Crippen LogP contribution < -0.4 is 5.32 Å². The number of aromatic nitrogens is 1. The van der Waals surface area contributed by atoms with Gasteiger partial charge >= 0.3 is 5.97 Å². The summed E-state index contributed by atoms with van der Waals surface area (Å²) >= 11 is 0. The van der Waals surface area contributed by atoms with E-state index in [9.17, 15) is 14.9 Å². The molecule has 7 heteroatoms. The second-order valence-electron chi connectivity index (χ2n) is 7.71. The van der Waals surface area contributed by atoms with Crippen molar-refractivity contribution < 1.29 is 18.7 Å². The van der Waals surface area contributed by atoms with Gasteiger partial charge in [-0.2, -0.15) is 5.26 Å². The predicted molar refractivity (Wildman–Crippen MR) is 125 cm³/mol. The van der Waals surface area contributed by atoms with Crippen LogP contribution in [0.1, 0.15) is 38.9 Å². The number of ether oxygens (including phenoxy) is 1. The maximum absolute atomic E-state index is 12.8. The van der Waals surface area contributed by atoms with Crippen molar-refractivity contribution in [3.05, 3.63) is 113 Å². The molecule has 0 aliphatic heterocycles. The van der Waals surface area contributed by atoms with E-state index in [0.29, 0.717) is 6.42 Å². The maximum atomic E-state index is 12.8. The molecule has 1 unspecified atom stereocenters. The van der Waals surface area contributed by atoms with Crippen LogP contribution in [0.25, 0.3) is 5.88 Å². The first-order valence-electron chi connectivity index (χ1n) is 10.8. The first-order chi connectivity index (χ1) is 16.6. The van der Waals surface area contributed by atoms with Gasteiger partial charge in [0.15, 0.2) is 6.61 Å². The third kappa shape index (κ3) is 5.08. The molecule has 2 aromatic carbocycles. The second kappa shape index (κ2) is 10.4. The van der Waals surface area contributed by atoms with Crippen molar-refractivity contribution in [3.8, 4) is 12.0 Å². The number of hydrogen-bond acceptors (Lipinski definition) is 5. The van der Waals surface area contributed by atoms with E-state index in [4.69, 9.17) is 9.15 Å². The SMILES string of the molecule is Cc1oc(-n2cccc2)c(C#N)c1C(=O)OCC(=O)NC(Cc1ccccc1)c1ccccc1. The van der Waals surface area contributed by atoms with Crippen molar-refractivity contribution >= 4 is 11.9 Å². The Hall–Kier alpha value is -4.57. The molecular weight excluding hydrogens is 430 g/mol. The first kappa shape index (κ1) is 22.6. The fraction of sp³-hybridized carbons (Fsp3) is 0.148. The zero-order valence-electron chi connectivity index (χ0n) is 18.6. The second-order valence-corrected chi connectivity index (χ2v) is 7.71. The fourth-order valence-corrected chi connectivity index (χ4v) is 3.76. The summed E-state index contributed by atoms with van der Waals surface area (Å²) in [4.78, 5) is 25.5. The van der Waals surface area contributed by atoms with Crippen molar-refractivity contribution in [2.24, 2.45) is 0 Å². The molecular formula is C27H23N3O4. The number of aryl methyl sites for hydroxylation is 1. The van der Waals surface area contributed by atoms with Crippen LogP contribution in [0.2, 0.25) is 0 Å². The number of nitrogens with one attached hydrogen (secondary N) is 1. The Morgan fingerprint density at radius 1 is 1.03 bits per heavy atom. The van der Waals surface area contributed by atoms with E-state index in [-0.39, 0.29) is 28.8 Å². The molecule has 0 saturated carbocycles. The fourth-order valence-electron chi connectivity index (χ4n) is 3.76. The Bertz CT molecular complexity index is 1300. The van der Waals surface area contributed by atoms with Crippen LogP contribution in [-0.2, 0) is 16.0 Å². The molecule has 1 atom stereocenters. The van der Waals surface area contributed by atoms with Crippen LogP contribution in [-0.4, -0.2) is 23.1 Å². The van der Waals surface area contributed by atoms with E-state index >= 15 is 0 Å². The van der Waals surface area contributed by atoms with Crippen LogP contribution in [0.3, 0.4) is 0 Å². The van der Waals surface area contributed by atoms with Gasteiger partial charge in [0.1, 0.15) is 23.0 Å². The molecule has 1 N–H and O–H groups in total. The zero-order chi connectivity index (χ0) is 23.9. The van der Waals surface area contributed by atoms with Crippen LogP contribution in [0, 0.1) is 18.3 Å². The molecule has 7 nitrogen and oxygen atoms in total. The van der Waals surface area contributed by atoms with Gasteiger partial charge in [0.2, 0.25) is 5.88 Å². The number of hydrogen-bond donors (Lipinski definition) is 1. The van der Waals surface area contributed by atoms with Gasteiger partial charge < -0.3 is 14.5 Å². The van der Waals surface area contributed by atoms with Gasteiger partial charge in [-0.15, -0.1) is 0 Å². The lowest BCUT2D eigenvalue weighted by Crippen LogP contribution is -2.33. The Labute approximate surface area is 197 Å². The molecule has 1 amide bonds. The number of furan rings is 1. The molecule has 0 aliphatic rings. The molecule has 170 valence electrons. The van der Waals surface area contributed by atoms with Crippen molar-refractivity contribution in [1.29, 1.82) is 5.26 Å². The minimum atomic E-state index is -0.786. The van der Waals surface area contributed by atoms with E-state index in [1.807, 2.05) is 66.7 Å². The van der Waals surface area contributed by atoms with Gasteiger partial charge in [0.25, 0.3) is 5.91 Å². The summed E-state index contributed by atoms with van der Waals surface area (Å²) in [5, 5.41) is 12.6. The number of nitriles is 1. The number of nitrogens with zero attached hydrogens (tertiary/aromatic N) is 2. The Morgan fingerprint density at radius 3 is 2.32 bits per heavy atom. The first-order valence-corrected chi connectivity index (χ1v) is 10.8. The van der Waals surface area contributed by atoms with Gasteiger partial charge in [0, 0.05) is 12.4 Å². The smallest absolute Gasteiger partial charge is 0.343 e. The summed E-state index contributed by atoms with van der Waals surface area (Å²) in [7, 11) is 0. The molecule has 0 bridgehead atoms. The number of benzene rings is 2. The summed E-state index contributed by atoms with van der Waals surface area (Å²) in [6.07, 6.45) is 4.00. The molecule has 0 saturated heterocycles. The van der Waals surface area contributed by atoms with Gasteiger partial charge in [0.05, 0.1) is 6.04 Å². The highest BCUT2D eigenvalue weighted by molar-refractivity contribution is 5.95. The zero-order valence-corrected chi connectivity index (χ0v) is 18.6. The number of amides is 1. The monoisotopic (exact) mass is 453 g/mol. The predicted octanol–water partition coefficient (Wildman–Crippen LogP) is 4.51. The lowest BCUT2D eigenvalue weighted by molar-refractivity contribution is -0.125. The summed E-state index contributed by atoms with van der Waals surface area (Å²) < 4.78 is 12.5. The third-order valence-corrected chi connectivity index (χ3v) is 5.37. The molecule has 0 fully saturated rings. The van der Waals surface area contributed by atoms with Gasteiger partial charge in [-0.3, -0.25) is 9.36 Å². The summed E-state index contributed by atoms with van der Waals surface area (Å²) in [5.74, 6) is -0.751. The number of rotatable bonds is 8. The molecule has 0 spiro atoms. The summed E-state index contributed by atoms with van der Waals surface area (Å²) in [5.41, 5.74) is 2.09. The standard InChI is InChI=1S/C27H23N3O4/c1-19-25(22(17-28)26(34-19)30-14-8-9-15-30)27(32)33-18-24(31)29-23(21-12-6-3-7-13-21)16-20-10-4-2-5-11-20/h2-15,23H,16,18H2,1H3,(H,29,31). The van der Waals surface area contributed by atoms with E-state index in [1.165, 1.54) is 0 Å². The summed E-state index contributed by atoms with van der Waals surface area (Å²) in [6, 6.07) is 24.7. The maximum Gasteiger partial charge on any atom is 0.343 e. The van der Waals surface area contributed by atoms with Crippen LogP contribution >= 0.6 is 0 Å². The van der Waals surface area contributed by atoms with Gasteiger partial charge in [-0.05, 0) is 36.6 Å². The van der Waals surface area contributed by atoms with Crippen molar-refractivity contribution in [2.45, 2.75) is 19.4 Å². The van der Waals surface area contributed by atoms with E-state index in [1.54, 1.807) is 36.0 Å². The average Bonchev–Trinajstić information content (AvgIpc) is 3.51. The molecule has 2 aromatic heterocycles. The Balaban J connectivity index is 1.45. The lowest BCUT2D eigenvalue weighted by atomic mass is 9.99. The van der Waals surface area contributed by atoms with E-state index in [2.05, 4.69) is 5.32 Å².